The van der Waals surface area contributed by atoms with Crippen LogP contribution in [0.5, 0.6) is 0 Å². The highest BCUT2D eigenvalue weighted by Crippen LogP contribution is 2.41. The molecule has 2 heterocycles. The van der Waals surface area contributed by atoms with Crippen LogP contribution >= 0.6 is 0 Å². The van der Waals surface area contributed by atoms with Crippen LogP contribution in [0.25, 0.3) is 0 Å². The highest BCUT2D eigenvalue weighted by Gasteiger charge is 2.49. The number of carbonyl (C=O) groups excluding carboxylic acids is 1. The molecule has 0 saturated carbocycles. The molecule has 0 spiro atoms. The molecule has 4 atom stereocenters. The van der Waals surface area contributed by atoms with Crippen molar-refractivity contribution in [2.45, 2.75) is 77.7 Å². The van der Waals surface area contributed by atoms with Gasteiger partial charge in [-0.15, -0.1) is 0 Å². The number of hydrogen-bond donors (Lipinski definition) is 0. The Labute approximate surface area is 152 Å². The molecule has 0 aliphatic carbocycles. The summed E-state index contributed by atoms with van der Waals surface area (Å²) in [6, 6.07) is 3.40. The third kappa shape index (κ3) is 4.48. The molecule has 0 radical (unpaired) electrons. The van der Waals surface area contributed by atoms with Gasteiger partial charge in [-0.05, 0) is 36.7 Å². The van der Waals surface area contributed by atoms with Crippen molar-refractivity contribution in [3.05, 3.63) is 30.1 Å². The van der Waals surface area contributed by atoms with Crippen molar-refractivity contribution >= 4 is 14.3 Å². The highest BCUT2D eigenvalue weighted by molar-refractivity contribution is 6.74. The van der Waals surface area contributed by atoms with Crippen LogP contribution in [-0.4, -0.2) is 37.8 Å². The minimum absolute atomic E-state index is 0.0291. The number of carbonyl (C=O) groups is 1. The van der Waals surface area contributed by atoms with Gasteiger partial charge in [-0.3, -0.25) is 4.98 Å². The molecule has 1 aromatic rings. The van der Waals surface area contributed by atoms with E-state index in [9.17, 15) is 4.79 Å². The first-order valence-corrected chi connectivity index (χ1v) is 11.9. The Morgan fingerprint density at radius 3 is 2.56 bits per heavy atom. The lowest BCUT2D eigenvalue weighted by atomic mass is 9.99. The van der Waals surface area contributed by atoms with E-state index in [0.29, 0.717) is 5.56 Å². The lowest BCUT2D eigenvalue weighted by Gasteiger charge is -2.40. The molecule has 140 valence electrons. The predicted molar refractivity (Wildman–Crippen MR) is 99.8 cm³/mol. The van der Waals surface area contributed by atoms with Crippen molar-refractivity contribution in [3.63, 3.8) is 0 Å². The average molecular weight is 366 g/mol. The normalized spacial score (nSPS) is 27.3. The number of esters is 1. The van der Waals surface area contributed by atoms with E-state index in [2.05, 4.69) is 52.7 Å². The van der Waals surface area contributed by atoms with Gasteiger partial charge in [0.2, 0.25) is 6.29 Å². The number of nitrogens with zero attached hydrogens (tertiary/aromatic N) is 1. The molecule has 1 aliphatic heterocycles. The van der Waals surface area contributed by atoms with Crippen LogP contribution < -0.4 is 0 Å². The first-order chi connectivity index (χ1) is 11.6. The maximum atomic E-state index is 12.4. The fourth-order valence-corrected chi connectivity index (χ4v) is 4.09. The molecule has 1 aromatic heterocycles. The molecular formula is C19H31NO4Si. The molecule has 0 N–H and O–H groups in total. The molecule has 2 rings (SSSR count). The van der Waals surface area contributed by atoms with E-state index in [1.807, 2.05) is 0 Å². The summed E-state index contributed by atoms with van der Waals surface area (Å²) in [4.78, 5) is 16.4. The highest BCUT2D eigenvalue weighted by atomic mass is 28.4. The van der Waals surface area contributed by atoms with E-state index in [1.54, 1.807) is 18.3 Å². The van der Waals surface area contributed by atoms with Crippen molar-refractivity contribution in [2.75, 3.05) is 0 Å². The predicted octanol–water partition coefficient (Wildman–Crippen LogP) is 4.40. The van der Waals surface area contributed by atoms with E-state index >= 15 is 0 Å². The standard InChI is InChI=1S/C19H31NO4Si/c1-8-15-13(2)16(24-25(6,7)19(3,4)5)18(22-15)23-17(21)14-10-9-11-20-12-14/h9-13,15-16,18H,8H2,1-7H3/t13-,15-,16-,18?/m1/s1. The number of ether oxygens (including phenoxy) is 2. The van der Waals surface area contributed by atoms with Crippen LogP contribution in [0.2, 0.25) is 18.1 Å². The Hall–Kier alpha value is -1.24. The van der Waals surface area contributed by atoms with Gasteiger partial charge < -0.3 is 13.9 Å². The van der Waals surface area contributed by atoms with Crippen molar-refractivity contribution < 1.29 is 18.7 Å². The molecule has 5 nitrogen and oxygen atoms in total. The summed E-state index contributed by atoms with van der Waals surface area (Å²) >= 11 is 0. The maximum Gasteiger partial charge on any atom is 0.342 e. The lowest BCUT2D eigenvalue weighted by molar-refractivity contribution is -0.131. The molecule has 1 aliphatic rings. The van der Waals surface area contributed by atoms with Crippen molar-refractivity contribution in [1.82, 2.24) is 4.98 Å². The van der Waals surface area contributed by atoms with Crippen LogP contribution in [-0.2, 0) is 13.9 Å². The quantitative estimate of drug-likeness (QED) is 0.572. The number of rotatable bonds is 5. The van der Waals surface area contributed by atoms with Gasteiger partial charge in [-0.25, -0.2) is 4.79 Å². The van der Waals surface area contributed by atoms with Gasteiger partial charge in [0.15, 0.2) is 8.32 Å². The minimum Gasteiger partial charge on any atom is -0.429 e. The smallest absolute Gasteiger partial charge is 0.342 e. The Morgan fingerprint density at radius 2 is 2.04 bits per heavy atom. The summed E-state index contributed by atoms with van der Waals surface area (Å²) in [6.07, 6.45) is 3.09. The Balaban J connectivity index is 2.18. The largest absolute Gasteiger partial charge is 0.429 e. The van der Waals surface area contributed by atoms with E-state index < -0.39 is 20.6 Å². The Bertz CT molecular complexity index is 585. The summed E-state index contributed by atoms with van der Waals surface area (Å²) in [6.45, 7) is 15.2. The van der Waals surface area contributed by atoms with Gasteiger partial charge in [0, 0.05) is 18.3 Å². The van der Waals surface area contributed by atoms with E-state index in [0.717, 1.165) is 6.42 Å². The second-order valence-electron chi connectivity index (χ2n) is 8.30. The Kier molecular flexibility index (Phi) is 6.07. The van der Waals surface area contributed by atoms with Crippen molar-refractivity contribution in [2.24, 2.45) is 5.92 Å². The number of hydrogen-bond acceptors (Lipinski definition) is 5. The van der Waals surface area contributed by atoms with Gasteiger partial charge in [-0.2, -0.15) is 0 Å². The fraction of sp³-hybridized carbons (Fsp3) is 0.684. The molecule has 1 unspecified atom stereocenters. The lowest BCUT2D eigenvalue weighted by Crippen LogP contribution is -2.48. The van der Waals surface area contributed by atoms with Gasteiger partial charge in [-0.1, -0.05) is 34.6 Å². The molecule has 0 amide bonds. The SMILES string of the molecule is CC[C@H]1OC(OC(=O)c2cccnc2)[C@H](O[Si](C)(C)C(C)(C)C)[C@@H]1C. The molecule has 0 aromatic carbocycles. The van der Waals surface area contributed by atoms with Crippen molar-refractivity contribution in [1.29, 1.82) is 0 Å². The van der Waals surface area contributed by atoms with Gasteiger partial charge >= 0.3 is 5.97 Å². The zero-order valence-corrected chi connectivity index (χ0v) is 17.4. The van der Waals surface area contributed by atoms with Gasteiger partial charge in [0.05, 0.1) is 11.7 Å². The fourth-order valence-electron chi connectivity index (χ4n) is 2.73. The second-order valence-corrected chi connectivity index (χ2v) is 13.1. The zero-order valence-electron chi connectivity index (χ0n) is 16.4. The van der Waals surface area contributed by atoms with Crippen LogP contribution in [0.15, 0.2) is 24.5 Å². The van der Waals surface area contributed by atoms with E-state index in [1.165, 1.54) is 6.20 Å². The summed E-state index contributed by atoms with van der Waals surface area (Å²) in [7, 11) is -2.01. The van der Waals surface area contributed by atoms with Gasteiger partial charge in [0.1, 0.15) is 6.10 Å². The molecule has 0 bridgehead atoms. The summed E-state index contributed by atoms with van der Waals surface area (Å²) in [5, 5.41) is 0.0783. The summed E-state index contributed by atoms with van der Waals surface area (Å²) in [5.41, 5.74) is 0.421. The number of aromatic nitrogens is 1. The van der Waals surface area contributed by atoms with Crippen LogP contribution in [0, 0.1) is 5.92 Å². The average Bonchev–Trinajstić information content (AvgIpc) is 2.83. The minimum atomic E-state index is -2.01. The Morgan fingerprint density at radius 1 is 1.36 bits per heavy atom. The molecule has 1 saturated heterocycles. The third-order valence-electron chi connectivity index (χ3n) is 5.44. The van der Waals surface area contributed by atoms with E-state index in [4.69, 9.17) is 13.9 Å². The third-order valence-corrected chi connectivity index (χ3v) is 9.92. The number of pyridine rings is 1. The molecule has 1 fully saturated rings. The summed E-state index contributed by atoms with van der Waals surface area (Å²) in [5.74, 6) is -0.253. The monoisotopic (exact) mass is 365 g/mol. The molecule has 6 heteroatoms. The second kappa shape index (κ2) is 7.56. The zero-order chi connectivity index (χ0) is 18.8. The van der Waals surface area contributed by atoms with Crippen LogP contribution in [0.4, 0.5) is 0 Å². The summed E-state index contributed by atoms with van der Waals surface area (Å²) < 4.78 is 18.3. The first-order valence-electron chi connectivity index (χ1n) is 9.01. The first kappa shape index (κ1) is 20.1. The van der Waals surface area contributed by atoms with Crippen molar-refractivity contribution in [3.8, 4) is 0 Å². The van der Waals surface area contributed by atoms with E-state index in [-0.39, 0.29) is 23.2 Å². The van der Waals surface area contributed by atoms with Crippen LogP contribution in [0.1, 0.15) is 51.4 Å². The maximum absolute atomic E-state index is 12.4. The molecule has 25 heavy (non-hydrogen) atoms. The molecular weight excluding hydrogens is 334 g/mol. The topological polar surface area (TPSA) is 57.7 Å². The van der Waals surface area contributed by atoms with Crippen LogP contribution in [0.3, 0.4) is 0 Å². The van der Waals surface area contributed by atoms with Gasteiger partial charge in [0.25, 0.3) is 0 Å².